The van der Waals surface area contributed by atoms with Crippen molar-refractivity contribution in [2.45, 2.75) is 58.8 Å². The van der Waals surface area contributed by atoms with Crippen molar-refractivity contribution in [1.29, 1.82) is 0 Å². The molecule has 2 aromatic rings. The van der Waals surface area contributed by atoms with Gasteiger partial charge in [0.1, 0.15) is 0 Å². The van der Waals surface area contributed by atoms with Crippen LogP contribution in [0, 0.1) is 0 Å². The van der Waals surface area contributed by atoms with Crippen LogP contribution in [0.5, 0.6) is 0 Å². The molecule has 0 atom stereocenters. The average molecular weight is 457 g/mol. The normalized spacial score (nSPS) is 13.4. The summed E-state index contributed by atoms with van der Waals surface area (Å²) in [6.45, 7) is 13.7. The fourth-order valence-electron chi connectivity index (χ4n) is 3.14. The van der Waals surface area contributed by atoms with Gasteiger partial charge in [-0.1, -0.05) is 77.9 Å². The third-order valence-corrected chi connectivity index (χ3v) is 4.61. The molecule has 0 N–H and O–H groups in total. The van der Waals surface area contributed by atoms with E-state index in [0.29, 0.717) is 0 Å². The van der Waals surface area contributed by atoms with Crippen LogP contribution in [-0.2, 0) is 43.1 Å². The van der Waals surface area contributed by atoms with E-state index in [1.807, 2.05) is 0 Å². The fourth-order valence-corrected chi connectivity index (χ4v) is 3.14. The van der Waals surface area contributed by atoms with Gasteiger partial charge in [-0.3, -0.25) is 0 Å². The SMILES string of the molecule is CC(C)(C)c1ccc2c(c1)Cc1cc(C(C)(C)C)ccc1-2.[Hf]. The molecule has 1 aliphatic carbocycles. The van der Waals surface area contributed by atoms with Gasteiger partial charge in [0.2, 0.25) is 0 Å². The molecule has 0 heterocycles. The maximum Gasteiger partial charge on any atom is 0 e. The van der Waals surface area contributed by atoms with Crippen molar-refractivity contribution in [1.82, 2.24) is 0 Å². The topological polar surface area (TPSA) is 0 Å². The number of rotatable bonds is 0. The summed E-state index contributed by atoms with van der Waals surface area (Å²) < 4.78 is 0. The molecule has 3 rings (SSSR count). The van der Waals surface area contributed by atoms with Crippen LogP contribution in [0.3, 0.4) is 0 Å². The Morgan fingerprint density at radius 1 is 0.636 bits per heavy atom. The van der Waals surface area contributed by atoms with Crippen LogP contribution in [0.15, 0.2) is 36.4 Å². The minimum Gasteiger partial charge on any atom is -0.0579 e. The van der Waals surface area contributed by atoms with Crippen molar-refractivity contribution in [3.8, 4) is 11.1 Å². The summed E-state index contributed by atoms with van der Waals surface area (Å²) in [4.78, 5) is 0. The summed E-state index contributed by atoms with van der Waals surface area (Å²) in [5.41, 5.74) is 9.15. The molecule has 1 heteroatoms. The van der Waals surface area contributed by atoms with E-state index in [-0.39, 0.29) is 36.7 Å². The Labute approximate surface area is 154 Å². The zero-order valence-electron chi connectivity index (χ0n) is 14.7. The summed E-state index contributed by atoms with van der Waals surface area (Å²) >= 11 is 0. The van der Waals surface area contributed by atoms with E-state index in [4.69, 9.17) is 0 Å². The van der Waals surface area contributed by atoms with Gasteiger partial charge < -0.3 is 0 Å². The van der Waals surface area contributed by atoms with Gasteiger partial charge >= 0.3 is 0 Å². The average Bonchev–Trinajstić information content (AvgIpc) is 2.73. The maximum atomic E-state index is 2.41. The Morgan fingerprint density at radius 3 is 1.32 bits per heavy atom. The van der Waals surface area contributed by atoms with Crippen LogP contribution in [0.2, 0.25) is 0 Å². The molecule has 0 nitrogen and oxygen atoms in total. The molecule has 22 heavy (non-hydrogen) atoms. The smallest absolute Gasteiger partial charge is 0 e. The molecule has 0 amide bonds. The Hall–Kier alpha value is -0.690. The van der Waals surface area contributed by atoms with Crippen LogP contribution >= 0.6 is 0 Å². The predicted molar refractivity (Wildman–Crippen MR) is 92.1 cm³/mol. The van der Waals surface area contributed by atoms with Crippen LogP contribution in [-0.4, -0.2) is 0 Å². The Morgan fingerprint density at radius 2 is 1.00 bits per heavy atom. The fraction of sp³-hybridized carbons (Fsp3) is 0.429. The first-order valence-corrected chi connectivity index (χ1v) is 7.93. The molecule has 0 saturated heterocycles. The van der Waals surface area contributed by atoms with Gasteiger partial charge in [-0.2, -0.15) is 0 Å². The van der Waals surface area contributed by atoms with Crippen molar-refractivity contribution < 1.29 is 25.8 Å². The van der Waals surface area contributed by atoms with Gasteiger partial charge in [-0.25, -0.2) is 0 Å². The summed E-state index contributed by atoms with van der Waals surface area (Å²) in [5.74, 6) is 0. The van der Waals surface area contributed by atoms with Crippen molar-refractivity contribution in [2.75, 3.05) is 0 Å². The molecule has 0 aromatic heterocycles. The van der Waals surface area contributed by atoms with Crippen molar-refractivity contribution in [3.63, 3.8) is 0 Å². The second-order valence-corrected chi connectivity index (χ2v) is 8.42. The molecular formula is C21H26Hf. The monoisotopic (exact) mass is 458 g/mol. The van der Waals surface area contributed by atoms with Gasteiger partial charge in [-0.15, -0.1) is 0 Å². The van der Waals surface area contributed by atoms with Crippen molar-refractivity contribution >= 4 is 0 Å². The summed E-state index contributed by atoms with van der Waals surface area (Å²) in [5, 5.41) is 0. The predicted octanol–water partition coefficient (Wildman–Crippen LogP) is 5.85. The first-order chi connectivity index (χ1) is 9.66. The van der Waals surface area contributed by atoms with Gasteiger partial charge in [-0.05, 0) is 50.6 Å². The summed E-state index contributed by atoms with van der Waals surface area (Å²) in [6, 6.07) is 14.0. The maximum absolute atomic E-state index is 2.41. The van der Waals surface area contributed by atoms with E-state index in [0.717, 1.165) is 6.42 Å². The Bertz CT molecular complexity index is 635. The van der Waals surface area contributed by atoms with Gasteiger partial charge in [0.05, 0.1) is 0 Å². The quantitative estimate of drug-likeness (QED) is 0.372. The van der Waals surface area contributed by atoms with E-state index < -0.39 is 0 Å². The summed E-state index contributed by atoms with van der Waals surface area (Å²) in [7, 11) is 0. The molecule has 114 valence electrons. The largest absolute Gasteiger partial charge is 0.0579 e. The van der Waals surface area contributed by atoms with E-state index in [1.165, 1.54) is 33.4 Å². The van der Waals surface area contributed by atoms with Crippen LogP contribution in [0.25, 0.3) is 11.1 Å². The van der Waals surface area contributed by atoms with Crippen LogP contribution in [0.1, 0.15) is 63.8 Å². The second-order valence-electron chi connectivity index (χ2n) is 8.42. The van der Waals surface area contributed by atoms with Crippen LogP contribution in [0.4, 0.5) is 0 Å². The molecule has 0 bridgehead atoms. The van der Waals surface area contributed by atoms with Crippen molar-refractivity contribution in [2.24, 2.45) is 0 Å². The molecular weight excluding hydrogens is 431 g/mol. The van der Waals surface area contributed by atoms with Crippen molar-refractivity contribution in [3.05, 3.63) is 58.7 Å². The molecule has 0 spiro atoms. The van der Waals surface area contributed by atoms with E-state index >= 15 is 0 Å². The third-order valence-electron chi connectivity index (χ3n) is 4.61. The van der Waals surface area contributed by atoms with Gasteiger partial charge in [0.15, 0.2) is 0 Å². The Kier molecular flexibility index (Phi) is 4.61. The molecule has 1 aliphatic rings. The number of fused-ring (bicyclic) bond motifs is 3. The zero-order valence-corrected chi connectivity index (χ0v) is 18.3. The molecule has 0 unspecified atom stereocenters. The van der Waals surface area contributed by atoms with Gasteiger partial charge in [0, 0.05) is 25.8 Å². The Balaban J connectivity index is 0.00000176. The molecule has 0 fully saturated rings. The minimum absolute atomic E-state index is 0. The summed E-state index contributed by atoms with van der Waals surface area (Å²) in [6.07, 6.45) is 1.08. The molecule has 2 aromatic carbocycles. The first-order valence-electron chi connectivity index (χ1n) is 7.93. The number of hydrogen-bond acceptors (Lipinski definition) is 0. The number of hydrogen-bond donors (Lipinski definition) is 0. The minimum atomic E-state index is 0. The van der Waals surface area contributed by atoms with Gasteiger partial charge in [0.25, 0.3) is 0 Å². The van der Waals surface area contributed by atoms with E-state index in [2.05, 4.69) is 77.9 Å². The molecule has 0 aliphatic heterocycles. The van der Waals surface area contributed by atoms with Crippen LogP contribution < -0.4 is 0 Å². The van der Waals surface area contributed by atoms with E-state index in [9.17, 15) is 0 Å². The second kappa shape index (κ2) is 5.74. The molecule has 0 saturated carbocycles. The number of benzene rings is 2. The molecule has 0 radical (unpaired) electrons. The zero-order chi connectivity index (χ0) is 15.4. The standard InChI is InChI=1S/C21H26.Hf/c1-20(2,3)16-7-9-18-14(12-16)11-15-13-17(21(4,5)6)8-10-19(15)18;/h7-10,12-13H,11H2,1-6H3;. The third kappa shape index (κ3) is 3.15. The first kappa shape index (κ1) is 17.7. The van der Waals surface area contributed by atoms with E-state index in [1.54, 1.807) is 0 Å².